The van der Waals surface area contributed by atoms with Gasteiger partial charge in [0.15, 0.2) is 26.3 Å². The number of phenolic OH excluding ortho intramolecular Hbond substituents is 1. The van der Waals surface area contributed by atoms with Crippen molar-refractivity contribution >= 4 is 60.6 Å². The summed E-state index contributed by atoms with van der Waals surface area (Å²) in [6.45, 7) is 4.06. The molecular weight excluding hydrogens is 767 g/mol. The molecule has 0 spiro atoms. The van der Waals surface area contributed by atoms with Crippen molar-refractivity contribution < 1.29 is 46.2 Å². The number of rotatable bonds is 20. The van der Waals surface area contributed by atoms with E-state index in [2.05, 4.69) is 29.4 Å². The maximum Gasteiger partial charge on any atom is 0.318 e. The number of nitrogens with zero attached hydrogens (tertiary/aromatic N) is 1. The number of fused-ring (bicyclic) bond motifs is 1. The number of carbonyl (C=O) groups excluding carboxylic acids is 2. The third-order valence-electron chi connectivity index (χ3n) is 9.48. The zero-order valence-electron chi connectivity index (χ0n) is 31.5. The number of unbranched alkanes of at least 4 members (excludes halogenated alkanes) is 2. The normalized spacial score (nSPS) is 15.3. The lowest BCUT2D eigenvalue weighted by molar-refractivity contribution is -0.134. The van der Waals surface area contributed by atoms with E-state index < -0.39 is 67.0 Å². The first kappa shape index (κ1) is 43.4. The maximum absolute atomic E-state index is 14.4. The molecule has 0 bridgehead atoms. The molecule has 0 saturated heterocycles. The minimum absolute atomic E-state index is 0.0240. The van der Waals surface area contributed by atoms with Crippen LogP contribution in [-0.4, -0.2) is 88.0 Å². The van der Waals surface area contributed by atoms with E-state index in [1.54, 1.807) is 6.07 Å². The van der Waals surface area contributed by atoms with Gasteiger partial charge in [-0.15, -0.1) is 11.8 Å². The van der Waals surface area contributed by atoms with Gasteiger partial charge in [0.05, 0.1) is 27.0 Å². The molecule has 0 fully saturated rings. The van der Waals surface area contributed by atoms with Crippen LogP contribution < -0.4 is 20.3 Å². The van der Waals surface area contributed by atoms with E-state index in [0.29, 0.717) is 22.7 Å². The van der Waals surface area contributed by atoms with Crippen molar-refractivity contribution in [2.24, 2.45) is 5.41 Å². The van der Waals surface area contributed by atoms with Crippen molar-refractivity contribution in [3.8, 4) is 11.5 Å². The van der Waals surface area contributed by atoms with Crippen molar-refractivity contribution in [1.82, 2.24) is 10.6 Å². The molecule has 1 aliphatic rings. The summed E-state index contributed by atoms with van der Waals surface area (Å²) in [4.78, 5) is 40.3. The number of carbonyl (C=O) groups is 3. The Morgan fingerprint density at radius 2 is 1.64 bits per heavy atom. The van der Waals surface area contributed by atoms with Gasteiger partial charge in [0, 0.05) is 30.3 Å². The largest absolute Gasteiger partial charge is 0.508 e. The molecule has 4 rings (SSSR count). The number of amides is 2. The number of aromatic hydroxyl groups is 1. The van der Waals surface area contributed by atoms with Crippen LogP contribution in [0.5, 0.6) is 11.5 Å². The van der Waals surface area contributed by atoms with Crippen LogP contribution >= 0.6 is 11.8 Å². The molecule has 0 aromatic heterocycles. The summed E-state index contributed by atoms with van der Waals surface area (Å²) in [6.07, 6.45) is 6.98. The van der Waals surface area contributed by atoms with E-state index in [0.717, 1.165) is 44.2 Å². The number of hydrogen-bond donors (Lipinski definition) is 4. The van der Waals surface area contributed by atoms with Crippen molar-refractivity contribution in [2.45, 2.75) is 74.6 Å². The summed E-state index contributed by atoms with van der Waals surface area (Å²) in [5, 5.41) is 23.8. The highest BCUT2D eigenvalue weighted by Crippen LogP contribution is 2.47. The first-order valence-corrected chi connectivity index (χ1v) is 23.0. The third kappa shape index (κ3) is 12.1. The van der Waals surface area contributed by atoms with Crippen molar-refractivity contribution in [3.05, 3.63) is 72.3 Å². The van der Waals surface area contributed by atoms with Gasteiger partial charge in [-0.2, -0.15) is 0 Å². The van der Waals surface area contributed by atoms with Crippen molar-refractivity contribution in [3.63, 3.8) is 0 Å². The fourth-order valence-electron chi connectivity index (χ4n) is 6.76. The molecule has 2 amide bonds. The second kappa shape index (κ2) is 19.5. The summed E-state index contributed by atoms with van der Waals surface area (Å²) >= 11 is 1.34. The van der Waals surface area contributed by atoms with Crippen molar-refractivity contribution in [2.75, 3.05) is 48.1 Å². The first-order valence-electron chi connectivity index (χ1n) is 18.3. The molecule has 0 unspecified atom stereocenters. The Kier molecular flexibility index (Phi) is 15.4. The predicted octanol–water partition coefficient (Wildman–Crippen LogP) is 5.65. The van der Waals surface area contributed by atoms with Crippen LogP contribution in [0.25, 0.3) is 0 Å². The number of carboxylic acid groups (broad SMARTS) is 1. The highest BCUT2D eigenvalue weighted by molar-refractivity contribution is 7.98. The summed E-state index contributed by atoms with van der Waals surface area (Å²) in [6, 6.07) is 17.3. The van der Waals surface area contributed by atoms with E-state index in [9.17, 15) is 36.3 Å². The van der Waals surface area contributed by atoms with Crippen molar-refractivity contribution in [1.29, 1.82) is 0 Å². The summed E-state index contributed by atoms with van der Waals surface area (Å²) in [5.41, 5.74) is 1.25. The number of phenols is 1. The molecule has 0 saturated carbocycles. The molecule has 3 aromatic carbocycles. The second-order valence-electron chi connectivity index (χ2n) is 13.9. The zero-order valence-corrected chi connectivity index (χ0v) is 33.9. The Hall–Kier alpha value is -4.28. The van der Waals surface area contributed by atoms with Crippen LogP contribution in [-0.2, 0) is 34.1 Å². The van der Waals surface area contributed by atoms with E-state index in [1.807, 2.05) is 36.6 Å². The molecule has 1 aliphatic heterocycles. The van der Waals surface area contributed by atoms with Gasteiger partial charge in [0.25, 0.3) is 5.91 Å². The third-order valence-corrected chi connectivity index (χ3v) is 13.8. The summed E-state index contributed by atoms with van der Waals surface area (Å²) in [5.74, 6) is -4.23. The highest BCUT2D eigenvalue weighted by Gasteiger charge is 2.42. The molecule has 4 N–H and O–H groups in total. The molecule has 16 heteroatoms. The molecule has 300 valence electrons. The van der Waals surface area contributed by atoms with Gasteiger partial charge >= 0.3 is 5.97 Å². The van der Waals surface area contributed by atoms with Gasteiger partial charge in [-0.3, -0.25) is 14.4 Å². The molecule has 55 heavy (non-hydrogen) atoms. The van der Waals surface area contributed by atoms with Crippen LogP contribution in [0.2, 0.25) is 0 Å². The van der Waals surface area contributed by atoms with E-state index in [4.69, 9.17) is 9.84 Å². The number of thioether (sulfide) groups is 1. The Bertz CT molecular complexity index is 2000. The number of aliphatic carboxylic acids is 1. The quantitative estimate of drug-likeness (QED) is 0.0810. The van der Waals surface area contributed by atoms with Crippen LogP contribution in [0.3, 0.4) is 0 Å². The topological polar surface area (TPSA) is 196 Å². The van der Waals surface area contributed by atoms with Crippen LogP contribution in [0.15, 0.2) is 76.5 Å². The maximum atomic E-state index is 14.4. The summed E-state index contributed by atoms with van der Waals surface area (Å²) in [7, 11) is -7.71. The average Bonchev–Trinajstić information content (AvgIpc) is 3.24. The van der Waals surface area contributed by atoms with Gasteiger partial charge < -0.3 is 30.5 Å². The Morgan fingerprint density at radius 1 is 0.982 bits per heavy atom. The van der Waals surface area contributed by atoms with Crippen LogP contribution in [0.4, 0.5) is 11.4 Å². The fourth-order valence-corrected chi connectivity index (χ4v) is 10.5. The zero-order chi connectivity index (χ0) is 40.2. The summed E-state index contributed by atoms with van der Waals surface area (Å²) < 4.78 is 58.8. The lowest BCUT2D eigenvalue weighted by Gasteiger charge is -2.37. The smallest absolute Gasteiger partial charge is 0.318 e. The molecule has 1 atom stereocenters. The minimum atomic E-state index is -3.87. The van der Waals surface area contributed by atoms with Gasteiger partial charge in [-0.05, 0) is 61.4 Å². The number of hydrogen-bond acceptors (Lipinski definition) is 11. The number of carboxylic acids is 1. The molecule has 0 aliphatic carbocycles. The Morgan fingerprint density at radius 3 is 2.24 bits per heavy atom. The van der Waals surface area contributed by atoms with Gasteiger partial charge in [-0.25, -0.2) is 16.8 Å². The highest BCUT2D eigenvalue weighted by atomic mass is 32.2. The number of anilines is 2. The molecule has 13 nitrogen and oxygen atoms in total. The first-order chi connectivity index (χ1) is 26.1. The molecule has 3 aromatic rings. The molecular formula is C39H51N3O10S3. The Balaban J connectivity index is 1.60. The lowest BCUT2D eigenvalue weighted by Crippen LogP contribution is -2.42. The minimum Gasteiger partial charge on any atom is -0.508 e. The van der Waals surface area contributed by atoms with Gasteiger partial charge in [0.1, 0.15) is 23.3 Å². The van der Waals surface area contributed by atoms with E-state index in [-0.39, 0.29) is 35.1 Å². The van der Waals surface area contributed by atoms with Gasteiger partial charge in [0.2, 0.25) is 5.91 Å². The number of para-hydroxylation sites is 1. The lowest BCUT2D eigenvalue weighted by atomic mass is 9.79. The van der Waals surface area contributed by atoms with E-state index >= 15 is 0 Å². The predicted molar refractivity (Wildman–Crippen MR) is 214 cm³/mol. The standard InChI is InChI=1S/C39H51N3O10S3/c1-4-6-18-39(19-7-5-2)26-42(29-12-9-8-10-13-29)31-22-33(53-3)32(23-34(31)55(50,51)27-39)52-24-35(44)41-37(28-14-16-30(43)17-15-28)38(47)40-20-11-21-54(48,49)25-36(45)46/h8-10,12-17,22-23,37,43H,4-7,11,18-21,24-27H2,1-3H3,(H,40,47)(H,41,44)(H,45,46)/t37-/m1/s1. The number of nitrogens with one attached hydrogen (secondary N) is 2. The number of ether oxygens (including phenoxy) is 1. The SMILES string of the molecule is CCCCC1(CCCC)CN(c2ccccc2)c2cc(SC)c(OCC(=O)N[C@@H](C(=O)NCCCS(=O)(=O)CC(=O)O)c3ccc(O)cc3)cc2S(=O)(=O)C1. The second-order valence-corrected chi connectivity index (χ2v) is 18.9. The average molecular weight is 818 g/mol. The number of benzene rings is 3. The van der Waals surface area contributed by atoms with Crippen LogP contribution in [0, 0.1) is 5.41 Å². The van der Waals surface area contributed by atoms with E-state index in [1.165, 1.54) is 42.1 Å². The molecule has 1 heterocycles. The Labute approximate surface area is 328 Å². The monoisotopic (exact) mass is 817 g/mol. The fraction of sp³-hybridized carbons (Fsp3) is 0.462. The number of sulfone groups is 2. The van der Waals surface area contributed by atoms with Gasteiger partial charge in [-0.1, -0.05) is 69.9 Å². The molecule has 0 radical (unpaired) electrons. The van der Waals surface area contributed by atoms with Crippen LogP contribution in [0.1, 0.15) is 70.4 Å².